The Morgan fingerprint density at radius 1 is 1.08 bits per heavy atom. The van der Waals surface area contributed by atoms with Gasteiger partial charge in [0.2, 0.25) is 0 Å². The van der Waals surface area contributed by atoms with E-state index >= 15 is 0 Å². The van der Waals surface area contributed by atoms with Gasteiger partial charge in [0, 0.05) is 17.8 Å². The van der Waals surface area contributed by atoms with Crippen LogP contribution < -0.4 is 0 Å². The molecule has 0 saturated heterocycles. The van der Waals surface area contributed by atoms with Crippen molar-refractivity contribution in [1.82, 2.24) is 14.3 Å². The summed E-state index contributed by atoms with van der Waals surface area (Å²) in [6.07, 6.45) is 3.63. The monoisotopic (exact) mass is 347 g/mol. The van der Waals surface area contributed by atoms with Crippen molar-refractivity contribution in [3.05, 3.63) is 71.3 Å². The highest BCUT2D eigenvalue weighted by molar-refractivity contribution is 5.90. The Kier molecular flexibility index (Phi) is 3.99. The molecule has 5 nitrogen and oxygen atoms in total. The Morgan fingerprint density at radius 3 is 2.50 bits per heavy atom. The number of pyridine rings is 1. The number of fused-ring (bicyclic) bond motifs is 1. The van der Waals surface area contributed by atoms with Crippen LogP contribution in [0.15, 0.2) is 54.4 Å². The molecule has 0 radical (unpaired) electrons. The first-order chi connectivity index (χ1) is 12.5. The van der Waals surface area contributed by atoms with E-state index in [4.69, 9.17) is 9.72 Å². The number of nitrogens with zero attached hydrogens (tertiary/aromatic N) is 3. The molecule has 132 valence electrons. The molecular weight excluding hydrogens is 326 g/mol. The number of aromatic nitrogens is 2. The zero-order valence-corrected chi connectivity index (χ0v) is 15.2. The second-order valence-corrected chi connectivity index (χ2v) is 6.72. The maximum absolute atomic E-state index is 12.3. The van der Waals surface area contributed by atoms with Gasteiger partial charge in [0.05, 0.1) is 31.6 Å². The highest BCUT2D eigenvalue weighted by Crippen LogP contribution is 2.27. The summed E-state index contributed by atoms with van der Waals surface area (Å²) in [6, 6.07) is 12.4. The summed E-state index contributed by atoms with van der Waals surface area (Å²) in [5.74, 6) is 0.663. The number of hydrogen-bond acceptors (Lipinski definition) is 3. The summed E-state index contributed by atoms with van der Waals surface area (Å²) in [4.78, 5) is 18.9. The van der Waals surface area contributed by atoms with E-state index in [1.54, 1.807) is 18.1 Å². The molecule has 3 aromatic rings. The van der Waals surface area contributed by atoms with Crippen molar-refractivity contribution in [3.63, 3.8) is 0 Å². The Hall–Kier alpha value is -3.08. The number of imidazole rings is 1. The molecule has 1 amide bonds. The molecule has 0 spiro atoms. The summed E-state index contributed by atoms with van der Waals surface area (Å²) in [6.45, 7) is 5.09. The van der Waals surface area contributed by atoms with Gasteiger partial charge in [-0.3, -0.25) is 4.79 Å². The van der Waals surface area contributed by atoms with Gasteiger partial charge in [0.25, 0.3) is 5.91 Å². The van der Waals surface area contributed by atoms with Gasteiger partial charge in [-0.1, -0.05) is 35.9 Å². The van der Waals surface area contributed by atoms with Crippen molar-refractivity contribution < 1.29 is 9.53 Å². The molecule has 5 heteroatoms. The van der Waals surface area contributed by atoms with Gasteiger partial charge < -0.3 is 14.0 Å². The summed E-state index contributed by atoms with van der Waals surface area (Å²) >= 11 is 0. The normalized spacial score (nSPS) is 14.2. The molecule has 4 rings (SSSR count). The van der Waals surface area contributed by atoms with Crippen LogP contribution in [0.5, 0.6) is 0 Å². The van der Waals surface area contributed by atoms with Gasteiger partial charge in [-0.2, -0.15) is 0 Å². The van der Waals surface area contributed by atoms with Crippen LogP contribution in [0.3, 0.4) is 0 Å². The number of rotatable bonds is 4. The predicted molar refractivity (Wildman–Crippen MR) is 101 cm³/mol. The first-order valence-corrected chi connectivity index (χ1v) is 8.63. The van der Waals surface area contributed by atoms with E-state index in [9.17, 15) is 4.79 Å². The number of benzene rings is 1. The lowest BCUT2D eigenvalue weighted by Gasteiger charge is -2.17. The fraction of sp³-hybridized carbons (Fsp3) is 0.238. The molecule has 0 N–H and O–H groups in total. The zero-order chi connectivity index (χ0) is 18.3. The number of methoxy groups -OCH3 is 1. The van der Waals surface area contributed by atoms with Gasteiger partial charge in [-0.25, -0.2) is 4.98 Å². The lowest BCUT2D eigenvalue weighted by molar-refractivity contribution is -0.125. The molecule has 0 fully saturated rings. The Labute approximate surface area is 152 Å². The SMILES string of the molecule is COC1=CC(=O)N(Cc2c(-c3ccc(C)cc3)nc3ccc(C)cn23)C1. The lowest BCUT2D eigenvalue weighted by atomic mass is 10.1. The van der Waals surface area contributed by atoms with Crippen LogP contribution in [0.25, 0.3) is 16.9 Å². The third kappa shape index (κ3) is 2.86. The van der Waals surface area contributed by atoms with Gasteiger partial charge in [0.1, 0.15) is 11.4 Å². The largest absolute Gasteiger partial charge is 0.499 e. The van der Waals surface area contributed by atoms with Crippen molar-refractivity contribution in [1.29, 1.82) is 0 Å². The molecule has 26 heavy (non-hydrogen) atoms. The van der Waals surface area contributed by atoms with Gasteiger partial charge in [-0.15, -0.1) is 0 Å². The second kappa shape index (κ2) is 6.33. The Bertz CT molecular complexity index is 1020. The van der Waals surface area contributed by atoms with Gasteiger partial charge in [-0.05, 0) is 25.5 Å². The first kappa shape index (κ1) is 16.4. The molecule has 0 unspecified atom stereocenters. The zero-order valence-electron chi connectivity index (χ0n) is 15.2. The minimum atomic E-state index is -0.0284. The summed E-state index contributed by atoms with van der Waals surface area (Å²) < 4.78 is 7.33. The standard InChI is InChI=1S/C21H21N3O2/c1-14-4-7-16(8-5-14)21-18(13-23-12-17(26-3)10-20(23)25)24-11-15(2)6-9-19(24)22-21/h4-11H,12-13H2,1-3H3. The molecule has 1 aliphatic rings. The number of carbonyl (C=O) groups is 1. The maximum atomic E-state index is 12.3. The highest BCUT2D eigenvalue weighted by atomic mass is 16.5. The molecule has 3 heterocycles. The van der Waals surface area contributed by atoms with E-state index in [1.807, 2.05) is 6.07 Å². The molecule has 0 atom stereocenters. The second-order valence-electron chi connectivity index (χ2n) is 6.72. The molecule has 0 saturated carbocycles. The number of aryl methyl sites for hydroxylation is 2. The van der Waals surface area contributed by atoms with Crippen LogP contribution in [0.4, 0.5) is 0 Å². The lowest BCUT2D eigenvalue weighted by Crippen LogP contribution is -2.26. The van der Waals surface area contributed by atoms with Crippen LogP contribution in [-0.2, 0) is 16.1 Å². The molecule has 2 aromatic heterocycles. The third-order valence-electron chi connectivity index (χ3n) is 4.74. The molecular formula is C21H21N3O2. The minimum Gasteiger partial charge on any atom is -0.499 e. The average molecular weight is 347 g/mol. The number of hydrogen-bond donors (Lipinski definition) is 0. The van der Waals surface area contributed by atoms with Crippen molar-refractivity contribution in [2.45, 2.75) is 20.4 Å². The van der Waals surface area contributed by atoms with Crippen LogP contribution in [0, 0.1) is 13.8 Å². The Balaban J connectivity index is 1.81. The van der Waals surface area contributed by atoms with Crippen LogP contribution in [-0.4, -0.2) is 33.8 Å². The van der Waals surface area contributed by atoms with Crippen LogP contribution >= 0.6 is 0 Å². The van der Waals surface area contributed by atoms with E-state index in [0.29, 0.717) is 18.8 Å². The van der Waals surface area contributed by atoms with Crippen molar-refractivity contribution in [3.8, 4) is 11.3 Å². The van der Waals surface area contributed by atoms with Crippen LogP contribution in [0.1, 0.15) is 16.8 Å². The van der Waals surface area contributed by atoms with Crippen molar-refractivity contribution in [2.75, 3.05) is 13.7 Å². The fourth-order valence-electron chi connectivity index (χ4n) is 3.27. The Morgan fingerprint density at radius 2 is 1.81 bits per heavy atom. The number of carbonyl (C=O) groups excluding carboxylic acids is 1. The van der Waals surface area contributed by atoms with Gasteiger partial charge >= 0.3 is 0 Å². The molecule has 1 aromatic carbocycles. The van der Waals surface area contributed by atoms with E-state index in [0.717, 1.165) is 28.2 Å². The molecule has 0 bridgehead atoms. The average Bonchev–Trinajstić information content (AvgIpc) is 3.17. The minimum absolute atomic E-state index is 0.0284. The number of amides is 1. The highest BCUT2D eigenvalue weighted by Gasteiger charge is 2.25. The maximum Gasteiger partial charge on any atom is 0.250 e. The fourth-order valence-corrected chi connectivity index (χ4v) is 3.27. The van der Waals surface area contributed by atoms with Crippen molar-refractivity contribution >= 4 is 11.6 Å². The molecule has 1 aliphatic heterocycles. The topological polar surface area (TPSA) is 46.8 Å². The van der Waals surface area contributed by atoms with E-state index in [-0.39, 0.29) is 5.91 Å². The third-order valence-corrected chi connectivity index (χ3v) is 4.74. The van der Waals surface area contributed by atoms with Crippen molar-refractivity contribution in [2.24, 2.45) is 0 Å². The smallest absolute Gasteiger partial charge is 0.250 e. The first-order valence-electron chi connectivity index (χ1n) is 8.63. The molecule has 0 aliphatic carbocycles. The van der Waals surface area contributed by atoms with E-state index in [1.165, 1.54) is 5.56 Å². The summed E-state index contributed by atoms with van der Waals surface area (Å²) in [5, 5.41) is 0. The summed E-state index contributed by atoms with van der Waals surface area (Å²) in [7, 11) is 1.60. The van der Waals surface area contributed by atoms with E-state index in [2.05, 4.69) is 54.8 Å². The van der Waals surface area contributed by atoms with E-state index < -0.39 is 0 Å². The quantitative estimate of drug-likeness (QED) is 0.726. The van der Waals surface area contributed by atoms with Gasteiger partial charge in [0.15, 0.2) is 0 Å². The number of ether oxygens (including phenoxy) is 1. The van der Waals surface area contributed by atoms with Crippen LogP contribution in [0.2, 0.25) is 0 Å². The predicted octanol–water partition coefficient (Wildman–Crippen LogP) is 3.49. The summed E-state index contributed by atoms with van der Waals surface area (Å²) in [5.41, 5.74) is 6.21.